The van der Waals surface area contributed by atoms with Gasteiger partial charge in [-0.1, -0.05) is 51.4 Å². The number of halogens is 1. The van der Waals surface area contributed by atoms with Crippen molar-refractivity contribution in [3.8, 4) is 0 Å². The third-order valence-corrected chi connectivity index (χ3v) is 4.06. The molecule has 0 aliphatic rings. The Balaban J connectivity index is 2.78. The van der Waals surface area contributed by atoms with Crippen LogP contribution < -0.4 is 5.32 Å². The molecule has 0 saturated carbocycles. The lowest BCUT2D eigenvalue weighted by molar-refractivity contribution is 0.230. The van der Waals surface area contributed by atoms with Crippen LogP contribution in [0.5, 0.6) is 0 Å². The molecule has 0 aliphatic heterocycles. The molecular weight excluding hydrogens is 242 g/mol. The van der Waals surface area contributed by atoms with Crippen molar-refractivity contribution in [2.45, 2.75) is 53.0 Å². The van der Waals surface area contributed by atoms with Gasteiger partial charge in [-0.05, 0) is 48.9 Å². The molecule has 0 heterocycles. The van der Waals surface area contributed by atoms with Gasteiger partial charge in [0, 0.05) is 11.1 Å². The van der Waals surface area contributed by atoms with Gasteiger partial charge >= 0.3 is 0 Å². The highest BCUT2D eigenvalue weighted by molar-refractivity contribution is 6.30. The van der Waals surface area contributed by atoms with Gasteiger partial charge in [-0.15, -0.1) is 0 Å². The zero-order valence-electron chi connectivity index (χ0n) is 12.1. The first-order chi connectivity index (χ1) is 8.49. The fraction of sp³-hybridized carbons (Fsp3) is 0.625. The molecule has 0 radical (unpaired) electrons. The van der Waals surface area contributed by atoms with Gasteiger partial charge in [0.05, 0.1) is 0 Å². The molecule has 0 bridgehead atoms. The largest absolute Gasteiger partial charge is 0.313 e. The molecule has 1 nitrogen and oxygen atoms in total. The quantitative estimate of drug-likeness (QED) is 0.756. The topological polar surface area (TPSA) is 12.0 Å². The minimum absolute atomic E-state index is 0.303. The van der Waals surface area contributed by atoms with E-state index in [9.17, 15) is 0 Å². The number of rotatable bonds is 7. The Bertz CT molecular complexity index is 360. The number of hydrogen-bond acceptors (Lipinski definition) is 1. The zero-order chi connectivity index (χ0) is 13.6. The van der Waals surface area contributed by atoms with Crippen LogP contribution in [0.25, 0.3) is 0 Å². The summed E-state index contributed by atoms with van der Waals surface area (Å²) in [5, 5.41) is 4.52. The van der Waals surface area contributed by atoms with E-state index in [1.807, 2.05) is 12.1 Å². The fourth-order valence-electron chi connectivity index (χ4n) is 2.09. The normalized spacial score (nSPS) is 13.6. The maximum atomic E-state index is 6.06. The monoisotopic (exact) mass is 267 g/mol. The van der Waals surface area contributed by atoms with Crippen molar-refractivity contribution in [3.63, 3.8) is 0 Å². The van der Waals surface area contributed by atoms with Gasteiger partial charge < -0.3 is 5.32 Å². The predicted molar refractivity (Wildman–Crippen MR) is 81.3 cm³/mol. The first-order valence-corrected chi connectivity index (χ1v) is 7.35. The summed E-state index contributed by atoms with van der Waals surface area (Å²) in [4.78, 5) is 0. The molecule has 0 saturated heterocycles. The summed E-state index contributed by atoms with van der Waals surface area (Å²) in [6, 6.07) is 8.71. The Morgan fingerprint density at radius 1 is 1.28 bits per heavy atom. The summed E-state index contributed by atoms with van der Waals surface area (Å²) >= 11 is 6.06. The van der Waals surface area contributed by atoms with Crippen molar-refractivity contribution >= 4 is 11.6 Å². The van der Waals surface area contributed by atoms with Gasteiger partial charge in [0.25, 0.3) is 0 Å². The molecule has 0 aromatic heterocycles. The molecule has 2 heteroatoms. The van der Waals surface area contributed by atoms with Crippen LogP contribution in [-0.4, -0.2) is 12.6 Å². The molecule has 1 N–H and O–H groups in total. The van der Waals surface area contributed by atoms with E-state index in [4.69, 9.17) is 11.6 Å². The van der Waals surface area contributed by atoms with Crippen molar-refractivity contribution in [1.29, 1.82) is 0 Å². The summed E-state index contributed by atoms with van der Waals surface area (Å²) < 4.78 is 0. The zero-order valence-corrected chi connectivity index (χ0v) is 12.8. The van der Waals surface area contributed by atoms with Crippen LogP contribution in [0.1, 0.15) is 46.1 Å². The van der Waals surface area contributed by atoms with Gasteiger partial charge in [-0.25, -0.2) is 0 Å². The predicted octanol–water partition coefficient (Wildman–Crippen LogP) is 4.69. The van der Waals surface area contributed by atoms with E-state index in [1.54, 1.807) is 0 Å². The van der Waals surface area contributed by atoms with Crippen LogP contribution in [0.2, 0.25) is 5.02 Å². The maximum Gasteiger partial charge on any atom is 0.0408 e. The van der Waals surface area contributed by atoms with Gasteiger partial charge in [0.2, 0.25) is 0 Å². The van der Waals surface area contributed by atoms with Crippen molar-refractivity contribution in [1.82, 2.24) is 5.32 Å². The average Bonchev–Trinajstić information content (AvgIpc) is 2.34. The average molecular weight is 268 g/mol. The van der Waals surface area contributed by atoms with E-state index in [0.29, 0.717) is 11.5 Å². The van der Waals surface area contributed by atoms with Crippen LogP contribution in [-0.2, 0) is 6.42 Å². The lowest BCUT2D eigenvalue weighted by Gasteiger charge is -2.34. The Labute approximate surface area is 117 Å². The van der Waals surface area contributed by atoms with Gasteiger partial charge in [-0.3, -0.25) is 0 Å². The summed E-state index contributed by atoms with van der Waals surface area (Å²) in [5.41, 5.74) is 1.62. The molecule has 1 unspecified atom stereocenters. The second-order valence-electron chi connectivity index (χ2n) is 5.68. The second kappa shape index (κ2) is 7.16. The molecule has 0 fully saturated rings. The molecule has 102 valence electrons. The lowest BCUT2D eigenvalue weighted by Crippen LogP contribution is -2.43. The summed E-state index contributed by atoms with van der Waals surface area (Å²) in [7, 11) is 0. The van der Waals surface area contributed by atoms with E-state index >= 15 is 0 Å². The van der Waals surface area contributed by atoms with Crippen LogP contribution in [0.15, 0.2) is 24.3 Å². The Hall–Kier alpha value is -0.530. The lowest BCUT2D eigenvalue weighted by atomic mass is 9.79. The highest BCUT2D eigenvalue weighted by Gasteiger charge is 2.27. The third kappa shape index (κ3) is 4.62. The number of nitrogens with one attached hydrogen (secondary N) is 1. The van der Waals surface area contributed by atoms with E-state index in [2.05, 4.69) is 45.1 Å². The van der Waals surface area contributed by atoms with Crippen molar-refractivity contribution in [2.75, 3.05) is 6.54 Å². The molecule has 0 spiro atoms. The fourth-order valence-corrected chi connectivity index (χ4v) is 2.30. The second-order valence-corrected chi connectivity index (χ2v) is 6.12. The van der Waals surface area contributed by atoms with Crippen molar-refractivity contribution < 1.29 is 0 Å². The van der Waals surface area contributed by atoms with Gasteiger partial charge in [0.15, 0.2) is 0 Å². The minimum Gasteiger partial charge on any atom is -0.313 e. The summed E-state index contributed by atoms with van der Waals surface area (Å²) in [6.07, 6.45) is 3.39. The van der Waals surface area contributed by atoms with Gasteiger partial charge in [-0.2, -0.15) is 0 Å². The van der Waals surface area contributed by atoms with Crippen molar-refractivity contribution in [3.05, 3.63) is 34.9 Å². The van der Waals surface area contributed by atoms with Crippen LogP contribution in [0, 0.1) is 5.41 Å². The summed E-state index contributed by atoms with van der Waals surface area (Å²) in [6.45, 7) is 10.2. The first-order valence-electron chi connectivity index (χ1n) is 6.97. The molecule has 18 heavy (non-hydrogen) atoms. The number of hydrogen-bond donors (Lipinski definition) is 1. The molecule has 0 aliphatic carbocycles. The van der Waals surface area contributed by atoms with E-state index in [-0.39, 0.29) is 0 Å². The van der Waals surface area contributed by atoms with E-state index in [1.165, 1.54) is 18.4 Å². The smallest absolute Gasteiger partial charge is 0.0408 e. The molecule has 1 atom stereocenters. The summed E-state index contributed by atoms with van der Waals surface area (Å²) in [5.74, 6) is 0. The molecule has 0 amide bonds. The van der Waals surface area contributed by atoms with Crippen LogP contribution in [0.3, 0.4) is 0 Å². The van der Waals surface area contributed by atoms with Crippen LogP contribution in [0.4, 0.5) is 0 Å². The van der Waals surface area contributed by atoms with E-state index in [0.717, 1.165) is 18.0 Å². The Morgan fingerprint density at radius 3 is 2.56 bits per heavy atom. The molecular formula is C16H26ClN. The Morgan fingerprint density at radius 2 is 2.00 bits per heavy atom. The Kier molecular flexibility index (Phi) is 6.17. The molecule has 1 aromatic carbocycles. The highest BCUT2D eigenvalue weighted by Crippen LogP contribution is 2.28. The standard InChI is InChI=1S/C16H26ClN/c1-5-10-18-15(16(3,4)6-2)12-13-8-7-9-14(17)11-13/h7-9,11,15,18H,5-6,10,12H2,1-4H3. The third-order valence-electron chi connectivity index (χ3n) is 3.82. The maximum absolute atomic E-state index is 6.06. The van der Waals surface area contributed by atoms with Crippen LogP contribution >= 0.6 is 11.6 Å². The molecule has 1 rings (SSSR count). The van der Waals surface area contributed by atoms with Crippen molar-refractivity contribution in [2.24, 2.45) is 5.41 Å². The highest BCUT2D eigenvalue weighted by atomic mass is 35.5. The van der Waals surface area contributed by atoms with E-state index < -0.39 is 0 Å². The number of benzene rings is 1. The molecule has 1 aromatic rings. The minimum atomic E-state index is 0.303. The first kappa shape index (κ1) is 15.5. The SMILES string of the molecule is CCCNC(Cc1cccc(Cl)c1)C(C)(C)CC. The van der Waals surface area contributed by atoms with Gasteiger partial charge in [0.1, 0.15) is 0 Å².